The first-order chi connectivity index (χ1) is 19.4. The quantitative estimate of drug-likeness (QED) is 0.297. The Morgan fingerprint density at radius 1 is 1.02 bits per heavy atom. The molecule has 4 rings (SSSR count). The van der Waals surface area contributed by atoms with Crippen LogP contribution in [0.15, 0.2) is 53.3 Å². The smallest absolute Gasteiger partial charge is 0.320 e. The molecule has 1 fully saturated rings. The molecule has 3 aromatic rings. The van der Waals surface area contributed by atoms with Gasteiger partial charge in [0.25, 0.3) is 5.56 Å². The van der Waals surface area contributed by atoms with Crippen molar-refractivity contribution in [1.82, 2.24) is 9.88 Å². The molecule has 1 heterocycles. The van der Waals surface area contributed by atoms with Gasteiger partial charge in [0, 0.05) is 29.8 Å². The van der Waals surface area contributed by atoms with Gasteiger partial charge in [0.2, 0.25) is 0 Å². The van der Waals surface area contributed by atoms with Gasteiger partial charge in [0.05, 0.1) is 11.7 Å². The number of carbonyl (C=O) groups excluding carboxylic acids is 1. The van der Waals surface area contributed by atoms with E-state index < -0.39 is 52.3 Å². The molecule has 2 aromatic carbocycles. The molecule has 8 nitrogen and oxygen atoms in total. The fourth-order valence-corrected chi connectivity index (χ4v) is 5.09. The Balaban J connectivity index is 1.50. The molecule has 11 heteroatoms. The number of hydrogen-bond donors (Lipinski definition) is 3. The molecule has 0 amide bonds. The number of pyridine rings is 1. The Hall–Kier alpha value is -4.12. The number of ketones is 1. The fraction of sp³-hybridized carbons (Fsp3) is 0.367. The van der Waals surface area contributed by atoms with Crippen LogP contribution in [0.2, 0.25) is 0 Å². The number of nitrogens with zero attached hydrogens (tertiary/aromatic N) is 1. The Kier molecular flexibility index (Phi) is 9.17. The van der Waals surface area contributed by atoms with E-state index in [0.717, 1.165) is 36.4 Å². The highest BCUT2D eigenvalue weighted by atomic mass is 19.1. The van der Waals surface area contributed by atoms with Crippen molar-refractivity contribution in [3.8, 4) is 11.4 Å². The van der Waals surface area contributed by atoms with E-state index in [4.69, 9.17) is 10.5 Å². The summed E-state index contributed by atoms with van der Waals surface area (Å²) in [6.07, 6.45) is 2.55. The normalized spacial score (nSPS) is 17.8. The largest absolute Gasteiger partial charge is 0.490 e. The van der Waals surface area contributed by atoms with Crippen molar-refractivity contribution in [1.29, 1.82) is 0 Å². The number of carboxylic acid groups (broad SMARTS) is 1. The van der Waals surface area contributed by atoms with Crippen molar-refractivity contribution < 1.29 is 32.6 Å². The van der Waals surface area contributed by atoms with E-state index in [1.54, 1.807) is 0 Å². The first kappa shape index (κ1) is 29.9. The third-order valence-electron chi connectivity index (χ3n) is 7.11. The van der Waals surface area contributed by atoms with E-state index >= 15 is 8.78 Å². The first-order valence-electron chi connectivity index (χ1n) is 13.4. The summed E-state index contributed by atoms with van der Waals surface area (Å²) >= 11 is 0. The minimum absolute atomic E-state index is 0.00899. The SMILES string of the molecule is CC(C)CC(NC1CCC(Oc2cc(F)c(-n3c(N)c(C(=O)c4ccc(F)cc4)ccc3=O)c(F)c2)CC1)C(=O)O. The van der Waals surface area contributed by atoms with Crippen LogP contribution >= 0.6 is 0 Å². The summed E-state index contributed by atoms with van der Waals surface area (Å²) in [6.45, 7) is 3.92. The second-order valence-electron chi connectivity index (χ2n) is 10.7. The van der Waals surface area contributed by atoms with Crippen molar-refractivity contribution in [2.24, 2.45) is 5.92 Å². The lowest BCUT2D eigenvalue weighted by atomic mass is 9.91. The monoisotopic (exact) mass is 571 g/mol. The maximum atomic E-state index is 15.3. The van der Waals surface area contributed by atoms with E-state index in [2.05, 4.69) is 5.32 Å². The molecule has 1 unspecified atom stereocenters. The van der Waals surface area contributed by atoms with Gasteiger partial charge in [-0.2, -0.15) is 0 Å². The average Bonchev–Trinajstić information content (AvgIpc) is 2.90. The van der Waals surface area contributed by atoms with Gasteiger partial charge >= 0.3 is 5.97 Å². The maximum absolute atomic E-state index is 15.3. The van der Waals surface area contributed by atoms with Gasteiger partial charge in [-0.05, 0) is 68.4 Å². The molecule has 0 radical (unpaired) electrons. The molecular weight excluding hydrogens is 539 g/mol. The number of rotatable bonds is 10. The van der Waals surface area contributed by atoms with Crippen LogP contribution in [0.5, 0.6) is 5.75 Å². The third-order valence-corrected chi connectivity index (χ3v) is 7.11. The van der Waals surface area contributed by atoms with Gasteiger partial charge in [0.15, 0.2) is 17.4 Å². The molecule has 0 bridgehead atoms. The summed E-state index contributed by atoms with van der Waals surface area (Å²) in [5, 5.41) is 12.7. The predicted molar refractivity (Wildman–Crippen MR) is 147 cm³/mol. The predicted octanol–water partition coefficient (Wildman–Crippen LogP) is 4.85. The van der Waals surface area contributed by atoms with Gasteiger partial charge in [0.1, 0.15) is 29.1 Å². The van der Waals surface area contributed by atoms with Crippen molar-refractivity contribution in [2.75, 3.05) is 5.73 Å². The number of aliphatic carboxylic acids is 1. The molecule has 0 saturated heterocycles. The Morgan fingerprint density at radius 3 is 2.20 bits per heavy atom. The molecule has 1 atom stereocenters. The third kappa shape index (κ3) is 6.97. The van der Waals surface area contributed by atoms with Gasteiger partial charge in [-0.1, -0.05) is 13.8 Å². The van der Waals surface area contributed by atoms with Crippen LogP contribution in [0.25, 0.3) is 5.69 Å². The summed E-state index contributed by atoms with van der Waals surface area (Å²) in [6, 6.07) is 8.01. The number of carbonyl (C=O) groups is 2. The number of halogens is 3. The number of ether oxygens (including phenoxy) is 1. The van der Waals surface area contributed by atoms with Crippen LogP contribution in [0.4, 0.5) is 19.0 Å². The van der Waals surface area contributed by atoms with Gasteiger partial charge < -0.3 is 20.9 Å². The second kappa shape index (κ2) is 12.6. The number of carboxylic acids is 1. The van der Waals surface area contributed by atoms with Crippen LogP contribution in [0.1, 0.15) is 61.9 Å². The highest BCUT2D eigenvalue weighted by Gasteiger charge is 2.28. The lowest BCUT2D eigenvalue weighted by molar-refractivity contribution is -0.140. The summed E-state index contributed by atoms with van der Waals surface area (Å²) < 4.78 is 50.2. The number of nitrogen functional groups attached to an aromatic ring is 1. The molecule has 4 N–H and O–H groups in total. The van der Waals surface area contributed by atoms with E-state index in [1.807, 2.05) is 13.8 Å². The van der Waals surface area contributed by atoms with Crippen molar-refractivity contribution in [2.45, 2.75) is 64.1 Å². The minimum Gasteiger partial charge on any atom is -0.490 e. The molecule has 1 saturated carbocycles. The molecule has 0 spiro atoms. The Labute approximate surface area is 234 Å². The zero-order chi connectivity index (χ0) is 29.8. The van der Waals surface area contributed by atoms with E-state index in [-0.39, 0.29) is 34.9 Å². The van der Waals surface area contributed by atoms with Crippen LogP contribution in [-0.2, 0) is 4.79 Å². The number of nitrogens with one attached hydrogen (secondary N) is 1. The first-order valence-corrected chi connectivity index (χ1v) is 13.4. The van der Waals surface area contributed by atoms with E-state index in [0.29, 0.717) is 36.7 Å². The van der Waals surface area contributed by atoms with Crippen molar-refractivity contribution in [3.63, 3.8) is 0 Å². The average molecular weight is 572 g/mol. The summed E-state index contributed by atoms with van der Waals surface area (Å²) in [7, 11) is 0. The Morgan fingerprint density at radius 2 is 1.63 bits per heavy atom. The topological polar surface area (TPSA) is 124 Å². The molecule has 218 valence electrons. The van der Waals surface area contributed by atoms with Gasteiger partial charge in [-0.3, -0.25) is 19.0 Å². The molecular formula is C30H32F3N3O5. The zero-order valence-electron chi connectivity index (χ0n) is 22.7. The van der Waals surface area contributed by atoms with Crippen LogP contribution in [0.3, 0.4) is 0 Å². The van der Waals surface area contributed by atoms with Crippen molar-refractivity contribution in [3.05, 3.63) is 87.5 Å². The minimum atomic E-state index is -1.12. The standard InChI is InChI=1S/C30H32F3N3O5/c1-16(2)13-25(30(39)40)35-19-7-9-20(10-8-19)41-21-14-23(32)27(24(33)15-21)36-26(37)12-11-22(29(36)34)28(38)17-3-5-18(31)6-4-17/h3-6,11-12,14-16,19-20,25,35H,7-10,13,34H2,1-2H3,(H,39,40). The summed E-state index contributed by atoms with van der Waals surface area (Å²) in [4.78, 5) is 37.1. The number of hydrogen-bond acceptors (Lipinski definition) is 6. The summed E-state index contributed by atoms with van der Waals surface area (Å²) in [5.74, 6) is -4.66. The molecule has 1 aliphatic carbocycles. The Bertz CT molecular complexity index is 1460. The number of anilines is 1. The highest BCUT2D eigenvalue weighted by molar-refractivity contribution is 6.11. The number of nitrogens with two attached hydrogens (primary N) is 1. The lowest BCUT2D eigenvalue weighted by Gasteiger charge is -2.32. The van der Waals surface area contributed by atoms with E-state index in [9.17, 15) is 23.9 Å². The lowest BCUT2D eigenvalue weighted by Crippen LogP contribution is -2.46. The van der Waals surface area contributed by atoms with Crippen LogP contribution in [0, 0.1) is 23.4 Å². The van der Waals surface area contributed by atoms with Crippen LogP contribution < -0.4 is 21.3 Å². The summed E-state index contributed by atoms with van der Waals surface area (Å²) in [5.41, 5.74) is 4.35. The molecule has 41 heavy (non-hydrogen) atoms. The number of benzene rings is 2. The number of aromatic nitrogens is 1. The zero-order valence-corrected chi connectivity index (χ0v) is 22.7. The van der Waals surface area contributed by atoms with Crippen molar-refractivity contribution >= 4 is 17.6 Å². The van der Waals surface area contributed by atoms with Crippen LogP contribution in [-0.4, -0.2) is 39.6 Å². The second-order valence-corrected chi connectivity index (χ2v) is 10.7. The maximum Gasteiger partial charge on any atom is 0.320 e. The molecule has 0 aliphatic heterocycles. The van der Waals surface area contributed by atoms with Gasteiger partial charge in [-0.25, -0.2) is 13.2 Å². The van der Waals surface area contributed by atoms with Gasteiger partial charge in [-0.15, -0.1) is 0 Å². The van der Waals surface area contributed by atoms with E-state index in [1.165, 1.54) is 12.1 Å². The molecule has 1 aromatic heterocycles. The fourth-order valence-electron chi connectivity index (χ4n) is 5.09. The molecule has 1 aliphatic rings. The highest BCUT2D eigenvalue weighted by Crippen LogP contribution is 2.30.